The van der Waals surface area contributed by atoms with Crippen molar-refractivity contribution in [1.82, 2.24) is 4.90 Å². The Morgan fingerprint density at radius 1 is 1.36 bits per heavy atom. The van der Waals surface area contributed by atoms with E-state index in [1.54, 1.807) is 0 Å². The van der Waals surface area contributed by atoms with E-state index in [-0.39, 0.29) is 0 Å². The zero-order valence-corrected chi connectivity index (χ0v) is 8.91. The average molecular weight is 196 g/mol. The molecular weight excluding hydrogens is 176 g/mol. The molecule has 0 bridgehead atoms. The number of nitrogens with zero attached hydrogens (tertiary/aromatic N) is 1. The first kappa shape index (κ1) is 9.97. The van der Waals surface area contributed by atoms with Crippen LogP contribution >= 0.6 is 0 Å². The van der Waals surface area contributed by atoms with E-state index in [4.69, 9.17) is 5.73 Å². The number of amides is 1. The summed E-state index contributed by atoms with van der Waals surface area (Å²) in [5, 5.41) is 0. The van der Waals surface area contributed by atoms with Gasteiger partial charge in [-0.05, 0) is 38.1 Å². The fourth-order valence-corrected chi connectivity index (χ4v) is 2.58. The van der Waals surface area contributed by atoms with Crippen molar-refractivity contribution in [1.29, 1.82) is 0 Å². The molecule has 0 aromatic carbocycles. The minimum Gasteiger partial charge on any atom is -0.342 e. The summed E-state index contributed by atoms with van der Waals surface area (Å²) in [4.78, 5) is 13.8. The Morgan fingerprint density at radius 3 is 2.64 bits per heavy atom. The molecule has 2 aliphatic rings. The molecule has 2 saturated carbocycles. The van der Waals surface area contributed by atoms with E-state index in [2.05, 4.69) is 0 Å². The van der Waals surface area contributed by atoms with Crippen LogP contribution in [0.3, 0.4) is 0 Å². The van der Waals surface area contributed by atoms with Crippen LogP contribution in [0.15, 0.2) is 0 Å². The van der Waals surface area contributed by atoms with Crippen molar-refractivity contribution in [2.45, 2.75) is 38.1 Å². The number of hydrogen-bond acceptors (Lipinski definition) is 2. The molecule has 0 aromatic heterocycles. The topological polar surface area (TPSA) is 46.3 Å². The molecule has 1 amide bonds. The molecule has 2 N–H and O–H groups in total. The van der Waals surface area contributed by atoms with E-state index < -0.39 is 0 Å². The largest absolute Gasteiger partial charge is 0.342 e. The number of carbonyl (C=O) groups excluding carboxylic acids is 1. The number of rotatable bonds is 3. The highest BCUT2D eigenvalue weighted by molar-refractivity contribution is 5.81. The van der Waals surface area contributed by atoms with Crippen molar-refractivity contribution >= 4 is 5.91 Å². The van der Waals surface area contributed by atoms with Gasteiger partial charge in [-0.2, -0.15) is 0 Å². The van der Waals surface area contributed by atoms with Gasteiger partial charge in [-0.25, -0.2) is 0 Å². The third-order valence-corrected chi connectivity index (χ3v) is 3.69. The lowest BCUT2D eigenvalue weighted by Crippen LogP contribution is -2.42. The first-order chi connectivity index (χ1) is 6.74. The summed E-state index contributed by atoms with van der Waals surface area (Å²) in [6.07, 6.45) is 5.78. The first-order valence-electron chi connectivity index (χ1n) is 5.70. The van der Waals surface area contributed by atoms with Crippen LogP contribution in [0, 0.1) is 11.8 Å². The SMILES string of the molecule is CN(C(=O)C1CC1)C1CCCC1CN. The zero-order chi connectivity index (χ0) is 10.1. The molecule has 2 fully saturated rings. The molecule has 2 aliphatic carbocycles. The Labute approximate surface area is 85.6 Å². The van der Waals surface area contributed by atoms with Crippen molar-refractivity contribution in [2.75, 3.05) is 13.6 Å². The van der Waals surface area contributed by atoms with E-state index in [0.717, 1.165) is 25.8 Å². The molecule has 3 heteroatoms. The van der Waals surface area contributed by atoms with Gasteiger partial charge in [0.05, 0.1) is 0 Å². The summed E-state index contributed by atoms with van der Waals surface area (Å²) in [7, 11) is 1.96. The molecule has 0 radical (unpaired) electrons. The maximum Gasteiger partial charge on any atom is 0.225 e. The van der Waals surface area contributed by atoms with Crippen LogP contribution in [0.2, 0.25) is 0 Å². The minimum atomic E-state index is 0.346. The van der Waals surface area contributed by atoms with Crippen molar-refractivity contribution in [2.24, 2.45) is 17.6 Å². The summed E-state index contributed by atoms with van der Waals surface area (Å²) in [6.45, 7) is 0.729. The van der Waals surface area contributed by atoms with Gasteiger partial charge >= 0.3 is 0 Å². The average Bonchev–Trinajstić information content (AvgIpc) is 2.94. The van der Waals surface area contributed by atoms with Crippen LogP contribution in [0.5, 0.6) is 0 Å². The van der Waals surface area contributed by atoms with E-state index in [1.807, 2.05) is 11.9 Å². The van der Waals surface area contributed by atoms with Gasteiger partial charge in [0.25, 0.3) is 0 Å². The number of nitrogens with two attached hydrogens (primary N) is 1. The Bertz CT molecular complexity index is 225. The molecular formula is C11H20N2O. The minimum absolute atomic E-state index is 0.346. The maximum atomic E-state index is 11.8. The Morgan fingerprint density at radius 2 is 2.07 bits per heavy atom. The molecule has 2 unspecified atom stereocenters. The normalized spacial score (nSPS) is 31.9. The van der Waals surface area contributed by atoms with Crippen LogP contribution in [0.4, 0.5) is 0 Å². The molecule has 0 heterocycles. The van der Waals surface area contributed by atoms with Crippen molar-refractivity contribution < 1.29 is 4.79 Å². The fraction of sp³-hybridized carbons (Fsp3) is 0.909. The van der Waals surface area contributed by atoms with Crippen LogP contribution in [-0.2, 0) is 4.79 Å². The molecule has 80 valence electrons. The van der Waals surface area contributed by atoms with Gasteiger partial charge in [0.15, 0.2) is 0 Å². The summed E-state index contributed by atoms with van der Waals surface area (Å²) < 4.78 is 0. The molecule has 2 rings (SSSR count). The lowest BCUT2D eigenvalue weighted by molar-refractivity contribution is -0.133. The number of hydrogen-bond donors (Lipinski definition) is 1. The second kappa shape index (κ2) is 3.89. The molecule has 14 heavy (non-hydrogen) atoms. The van der Waals surface area contributed by atoms with Crippen LogP contribution in [0.1, 0.15) is 32.1 Å². The molecule has 3 nitrogen and oxygen atoms in total. The van der Waals surface area contributed by atoms with Crippen LogP contribution < -0.4 is 5.73 Å². The lowest BCUT2D eigenvalue weighted by Gasteiger charge is -2.29. The van der Waals surface area contributed by atoms with E-state index in [0.29, 0.717) is 23.8 Å². The van der Waals surface area contributed by atoms with Gasteiger partial charge in [0.2, 0.25) is 5.91 Å². The third kappa shape index (κ3) is 1.78. The van der Waals surface area contributed by atoms with Gasteiger partial charge in [-0.15, -0.1) is 0 Å². The van der Waals surface area contributed by atoms with Gasteiger partial charge in [0.1, 0.15) is 0 Å². The molecule has 0 saturated heterocycles. The van der Waals surface area contributed by atoms with Crippen molar-refractivity contribution in [3.8, 4) is 0 Å². The predicted molar refractivity (Wildman–Crippen MR) is 55.7 cm³/mol. The standard InChI is InChI=1S/C11H20N2O/c1-13(11(14)8-5-6-8)10-4-2-3-9(10)7-12/h8-10H,2-7,12H2,1H3. The van der Waals surface area contributed by atoms with Gasteiger partial charge in [0, 0.05) is 19.0 Å². The second-order valence-electron chi connectivity index (χ2n) is 4.72. The maximum absolute atomic E-state index is 11.8. The second-order valence-corrected chi connectivity index (χ2v) is 4.72. The summed E-state index contributed by atoms with van der Waals surface area (Å²) >= 11 is 0. The Balaban J connectivity index is 1.95. The third-order valence-electron chi connectivity index (χ3n) is 3.69. The van der Waals surface area contributed by atoms with E-state index >= 15 is 0 Å². The smallest absolute Gasteiger partial charge is 0.225 e. The highest BCUT2D eigenvalue weighted by Crippen LogP contribution is 2.35. The highest BCUT2D eigenvalue weighted by Gasteiger charge is 2.38. The quantitative estimate of drug-likeness (QED) is 0.731. The molecule has 2 atom stereocenters. The summed E-state index contributed by atoms with van der Waals surface area (Å²) in [6, 6.07) is 0.424. The van der Waals surface area contributed by atoms with E-state index in [1.165, 1.54) is 12.8 Å². The van der Waals surface area contributed by atoms with Gasteiger partial charge in [-0.1, -0.05) is 6.42 Å². The molecule has 0 aliphatic heterocycles. The first-order valence-corrected chi connectivity index (χ1v) is 5.70. The highest BCUT2D eigenvalue weighted by atomic mass is 16.2. The Kier molecular flexibility index (Phi) is 2.77. The van der Waals surface area contributed by atoms with Gasteiger partial charge < -0.3 is 10.6 Å². The lowest BCUT2D eigenvalue weighted by atomic mass is 10.0. The monoisotopic (exact) mass is 196 g/mol. The zero-order valence-electron chi connectivity index (χ0n) is 8.91. The van der Waals surface area contributed by atoms with E-state index in [9.17, 15) is 4.79 Å². The predicted octanol–water partition coefficient (Wildman–Crippen LogP) is 0.982. The van der Waals surface area contributed by atoms with Crippen molar-refractivity contribution in [3.63, 3.8) is 0 Å². The molecule has 0 aromatic rings. The van der Waals surface area contributed by atoms with Crippen LogP contribution in [0.25, 0.3) is 0 Å². The summed E-state index contributed by atoms with van der Waals surface area (Å²) in [5.74, 6) is 1.25. The fourth-order valence-electron chi connectivity index (χ4n) is 2.58. The molecule has 0 spiro atoms. The number of carbonyl (C=O) groups is 1. The van der Waals surface area contributed by atoms with Gasteiger partial charge in [-0.3, -0.25) is 4.79 Å². The summed E-state index contributed by atoms with van der Waals surface area (Å²) in [5.41, 5.74) is 5.72. The van der Waals surface area contributed by atoms with Crippen molar-refractivity contribution in [3.05, 3.63) is 0 Å². The Hall–Kier alpha value is -0.570. The van der Waals surface area contributed by atoms with Crippen LogP contribution in [-0.4, -0.2) is 30.4 Å².